The largest absolute Gasteiger partial charge is 0.495 e. The number of benzene rings is 3. The molecule has 0 spiro atoms. The Morgan fingerprint density at radius 3 is 2.64 bits per heavy atom. The summed E-state index contributed by atoms with van der Waals surface area (Å²) in [4.78, 5) is 24.0. The lowest BCUT2D eigenvalue weighted by Crippen LogP contribution is -2.38. The van der Waals surface area contributed by atoms with Crippen LogP contribution in [-0.2, 0) is 10.0 Å². The number of carbonyl (C=O) groups excluding carboxylic acids is 1. The number of nitrogens with one attached hydrogen (secondary N) is 1. The Bertz CT molecular complexity index is 1530. The first-order valence-corrected chi connectivity index (χ1v) is 12.2. The van der Waals surface area contributed by atoms with Crippen molar-refractivity contribution in [2.45, 2.75) is 4.90 Å². The van der Waals surface area contributed by atoms with E-state index in [1.807, 2.05) is 0 Å². The summed E-state index contributed by atoms with van der Waals surface area (Å²) in [5.74, 6) is -1.50. The highest BCUT2D eigenvalue weighted by Crippen LogP contribution is 2.38. The maximum atomic E-state index is 13.6. The first-order chi connectivity index (χ1) is 17.1. The molecule has 0 atom stereocenters. The lowest BCUT2D eigenvalue weighted by Gasteiger charge is -2.31. The molecule has 0 bridgehead atoms. The molecule has 0 saturated heterocycles. The van der Waals surface area contributed by atoms with E-state index in [4.69, 9.17) is 26.2 Å². The molecule has 12 heteroatoms. The van der Waals surface area contributed by atoms with E-state index in [0.29, 0.717) is 0 Å². The molecule has 0 aromatic heterocycles. The van der Waals surface area contributed by atoms with Crippen molar-refractivity contribution in [1.82, 2.24) is 0 Å². The Morgan fingerprint density at radius 1 is 1.17 bits per heavy atom. The summed E-state index contributed by atoms with van der Waals surface area (Å²) in [5, 5.41) is 21.2. The third-order valence-corrected chi connectivity index (χ3v) is 7.43. The van der Waals surface area contributed by atoms with Gasteiger partial charge in [-0.15, -0.1) is 0 Å². The van der Waals surface area contributed by atoms with E-state index in [2.05, 4.69) is 5.32 Å². The Balaban J connectivity index is 1.69. The molecule has 0 saturated carbocycles. The molecular formula is C24H18ClN3O7S. The average Bonchev–Trinajstić information content (AvgIpc) is 2.87. The van der Waals surface area contributed by atoms with Crippen molar-refractivity contribution >= 4 is 44.9 Å². The second kappa shape index (κ2) is 9.77. The number of fused-ring (bicyclic) bond motifs is 1. The van der Waals surface area contributed by atoms with Gasteiger partial charge in [-0.05, 0) is 54.6 Å². The van der Waals surface area contributed by atoms with Crippen molar-refractivity contribution < 1.29 is 32.6 Å². The monoisotopic (exact) mass is 527 g/mol. The van der Waals surface area contributed by atoms with Crippen LogP contribution < -0.4 is 19.1 Å². The molecule has 1 aliphatic heterocycles. The molecule has 0 unspecified atom stereocenters. The number of hydrogen-bond acceptors (Lipinski definition) is 7. The van der Waals surface area contributed by atoms with Crippen molar-refractivity contribution in [3.63, 3.8) is 0 Å². The van der Waals surface area contributed by atoms with E-state index in [9.17, 15) is 23.3 Å². The smallest absolute Gasteiger partial charge is 0.337 e. The molecule has 0 fully saturated rings. The topological polar surface area (TPSA) is 146 Å². The first-order valence-electron chi connectivity index (χ1n) is 10.4. The van der Waals surface area contributed by atoms with Crippen LogP contribution in [0, 0.1) is 11.3 Å². The summed E-state index contributed by atoms with van der Waals surface area (Å²) >= 11 is 6.04. The molecule has 0 radical (unpaired) electrons. The average molecular weight is 528 g/mol. The van der Waals surface area contributed by atoms with Gasteiger partial charge in [-0.1, -0.05) is 11.6 Å². The second-order valence-corrected chi connectivity index (χ2v) is 9.80. The van der Waals surface area contributed by atoms with Gasteiger partial charge in [-0.25, -0.2) is 13.2 Å². The molecule has 3 aromatic carbocycles. The molecule has 4 rings (SSSR count). The van der Waals surface area contributed by atoms with Crippen LogP contribution in [0.2, 0.25) is 5.02 Å². The number of sulfonamides is 1. The third kappa shape index (κ3) is 4.64. The zero-order valence-electron chi connectivity index (χ0n) is 18.7. The molecular weight excluding hydrogens is 510 g/mol. The van der Waals surface area contributed by atoms with Gasteiger partial charge >= 0.3 is 5.97 Å². The van der Waals surface area contributed by atoms with Crippen LogP contribution in [0.5, 0.6) is 11.5 Å². The van der Waals surface area contributed by atoms with Gasteiger partial charge in [0.15, 0.2) is 0 Å². The molecule has 36 heavy (non-hydrogen) atoms. The quantitative estimate of drug-likeness (QED) is 0.492. The highest BCUT2D eigenvalue weighted by atomic mass is 35.5. The highest BCUT2D eigenvalue weighted by molar-refractivity contribution is 7.93. The molecule has 1 heterocycles. The van der Waals surface area contributed by atoms with Gasteiger partial charge in [-0.3, -0.25) is 9.10 Å². The number of nitrogens with zero attached hydrogens (tertiary/aromatic N) is 2. The second-order valence-electron chi connectivity index (χ2n) is 7.53. The molecule has 1 amide bonds. The van der Waals surface area contributed by atoms with Crippen LogP contribution >= 0.6 is 11.6 Å². The lowest BCUT2D eigenvalue weighted by atomic mass is 10.1. The van der Waals surface area contributed by atoms with Crippen LogP contribution in [0.3, 0.4) is 0 Å². The van der Waals surface area contributed by atoms with Crippen LogP contribution in [0.1, 0.15) is 26.3 Å². The van der Waals surface area contributed by atoms with Gasteiger partial charge in [-0.2, -0.15) is 5.26 Å². The van der Waals surface area contributed by atoms with Gasteiger partial charge in [0.25, 0.3) is 15.9 Å². The van der Waals surface area contributed by atoms with Gasteiger partial charge in [0.1, 0.15) is 29.1 Å². The van der Waals surface area contributed by atoms with Crippen LogP contribution in [0.4, 0.5) is 11.4 Å². The number of anilines is 2. The van der Waals surface area contributed by atoms with E-state index < -0.39 is 21.9 Å². The Labute approximate surface area is 211 Å². The lowest BCUT2D eigenvalue weighted by molar-refractivity contribution is 0.0696. The number of aromatic carboxylic acids is 1. The standard InChI is InChI=1S/C24H18ClN3O7S/c1-34-21-7-3-16(25)12-22(21)36(32,33)28-8-9-35-20-6-2-14(11-19(20)28)23(29)27-17-4-5-18(24(30)31)15(10-17)13-26/h2-7,10-12H,8-9H2,1H3,(H,27,29)(H,30,31). The Kier molecular flexibility index (Phi) is 6.74. The fourth-order valence-corrected chi connectivity index (χ4v) is 5.53. The first kappa shape index (κ1) is 24.8. The van der Waals surface area contributed by atoms with Crippen molar-refractivity contribution in [3.05, 3.63) is 76.3 Å². The van der Waals surface area contributed by atoms with Crippen LogP contribution in [0.15, 0.2) is 59.5 Å². The summed E-state index contributed by atoms with van der Waals surface area (Å²) in [5.41, 5.74) is 0.141. The van der Waals surface area contributed by atoms with Crippen molar-refractivity contribution in [2.75, 3.05) is 29.9 Å². The highest BCUT2D eigenvalue weighted by Gasteiger charge is 2.33. The van der Waals surface area contributed by atoms with E-state index in [-0.39, 0.29) is 62.6 Å². The number of hydrogen-bond donors (Lipinski definition) is 2. The summed E-state index contributed by atoms with van der Waals surface area (Å²) in [7, 11) is -2.80. The van der Waals surface area contributed by atoms with E-state index in [0.717, 1.165) is 4.31 Å². The van der Waals surface area contributed by atoms with Crippen molar-refractivity contribution in [1.29, 1.82) is 5.26 Å². The van der Waals surface area contributed by atoms with Crippen LogP contribution in [-0.4, -0.2) is 45.7 Å². The number of halogens is 1. The number of ether oxygens (including phenoxy) is 2. The SMILES string of the molecule is COc1ccc(Cl)cc1S(=O)(=O)N1CCOc2ccc(C(=O)Nc3ccc(C(=O)O)c(C#N)c3)cc21. The predicted molar refractivity (Wildman–Crippen MR) is 131 cm³/mol. The third-order valence-electron chi connectivity index (χ3n) is 5.36. The fourth-order valence-electron chi connectivity index (χ4n) is 3.66. The fraction of sp³-hybridized carbons (Fsp3) is 0.125. The molecule has 0 aliphatic carbocycles. The van der Waals surface area contributed by atoms with E-state index in [1.165, 1.54) is 61.7 Å². The van der Waals surface area contributed by atoms with Crippen molar-refractivity contribution in [2.24, 2.45) is 0 Å². The molecule has 10 nitrogen and oxygen atoms in total. The van der Waals surface area contributed by atoms with Gasteiger partial charge < -0.3 is 19.9 Å². The Hall–Kier alpha value is -4.27. The number of rotatable bonds is 6. The van der Waals surface area contributed by atoms with E-state index >= 15 is 0 Å². The van der Waals surface area contributed by atoms with Gasteiger partial charge in [0.05, 0.1) is 30.5 Å². The van der Waals surface area contributed by atoms with Crippen LogP contribution in [0.25, 0.3) is 0 Å². The minimum Gasteiger partial charge on any atom is -0.495 e. The number of carbonyl (C=O) groups is 2. The maximum absolute atomic E-state index is 13.6. The minimum absolute atomic E-state index is 0.0156. The zero-order valence-corrected chi connectivity index (χ0v) is 20.3. The molecule has 3 aromatic rings. The summed E-state index contributed by atoms with van der Waals surface area (Å²) in [6.45, 7) is 0.0752. The number of nitriles is 1. The predicted octanol–water partition coefficient (Wildman–Crippen LogP) is 3.76. The Morgan fingerprint density at radius 2 is 1.94 bits per heavy atom. The van der Waals surface area contributed by atoms with E-state index in [1.54, 1.807) is 6.07 Å². The number of amides is 1. The van der Waals surface area contributed by atoms with Gasteiger partial charge in [0.2, 0.25) is 0 Å². The summed E-state index contributed by atoms with van der Waals surface area (Å²) in [6, 6.07) is 14.1. The number of carboxylic acids is 1. The molecule has 1 aliphatic rings. The zero-order chi connectivity index (χ0) is 26.0. The van der Waals surface area contributed by atoms with Crippen molar-refractivity contribution in [3.8, 4) is 17.6 Å². The molecule has 184 valence electrons. The minimum atomic E-state index is -4.14. The summed E-state index contributed by atoms with van der Waals surface area (Å²) < 4.78 is 39.1. The number of methoxy groups -OCH3 is 1. The normalized spacial score (nSPS) is 12.6. The molecule has 2 N–H and O–H groups in total. The number of carboxylic acid groups (broad SMARTS) is 1. The maximum Gasteiger partial charge on any atom is 0.337 e. The van der Waals surface area contributed by atoms with Gasteiger partial charge in [0, 0.05) is 16.3 Å². The summed E-state index contributed by atoms with van der Waals surface area (Å²) in [6.07, 6.45) is 0.